The zero-order valence-corrected chi connectivity index (χ0v) is 10.3. The Labute approximate surface area is 102 Å². The van der Waals surface area contributed by atoms with E-state index < -0.39 is 0 Å². The van der Waals surface area contributed by atoms with E-state index in [1.54, 1.807) is 6.20 Å². The number of halogens is 1. The van der Waals surface area contributed by atoms with Gasteiger partial charge in [0.1, 0.15) is 6.33 Å². The number of nitrogens with one attached hydrogen (secondary N) is 1. The third-order valence-electron chi connectivity index (χ3n) is 2.12. The van der Waals surface area contributed by atoms with Gasteiger partial charge >= 0.3 is 0 Å². The number of rotatable bonds is 2. The molecule has 2 rings (SSSR count). The average Bonchev–Trinajstić information content (AvgIpc) is 2.27. The summed E-state index contributed by atoms with van der Waals surface area (Å²) in [5.41, 5.74) is 8.38. The van der Waals surface area contributed by atoms with Crippen molar-refractivity contribution in [2.24, 2.45) is 0 Å². The van der Waals surface area contributed by atoms with Crippen molar-refractivity contribution in [3.8, 4) is 0 Å². The summed E-state index contributed by atoms with van der Waals surface area (Å²) in [5.74, 6) is 0.612. The lowest BCUT2D eigenvalue weighted by Gasteiger charge is -2.09. The normalized spacial score (nSPS) is 10.1. The lowest BCUT2D eigenvalue weighted by molar-refractivity contribution is 1.17. The number of benzene rings is 1. The van der Waals surface area contributed by atoms with Gasteiger partial charge in [-0.15, -0.1) is 0 Å². The van der Waals surface area contributed by atoms with Crippen molar-refractivity contribution in [3.63, 3.8) is 0 Å². The van der Waals surface area contributed by atoms with Gasteiger partial charge in [-0.25, -0.2) is 9.97 Å². The molecule has 0 aliphatic carbocycles. The number of aryl methyl sites for hydroxylation is 1. The molecule has 1 heterocycles. The van der Waals surface area contributed by atoms with Gasteiger partial charge in [-0.05, 0) is 40.5 Å². The highest BCUT2D eigenvalue weighted by molar-refractivity contribution is 9.10. The summed E-state index contributed by atoms with van der Waals surface area (Å²) < 4.78 is 0.969. The number of anilines is 3. The van der Waals surface area contributed by atoms with Gasteiger partial charge in [-0.3, -0.25) is 0 Å². The van der Waals surface area contributed by atoms with Gasteiger partial charge in [0.2, 0.25) is 0 Å². The molecule has 4 nitrogen and oxygen atoms in total. The number of nitrogens with zero attached hydrogens (tertiary/aromatic N) is 2. The van der Waals surface area contributed by atoms with Crippen LogP contribution in [0.1, 0.15) is 5.56 Å². The largest absolute Gasteiger partial charge is 0.394 e. The quantitative estimate of drug-likeness (QED) is 0.887. The van der Waals surface area contributed by atoms with Gasteiger partial charge in [0.25, 0.3) is 0 Å². The summed E-state index contributed by atoms with van der Waals surface area (Å²) in [6.45, 7) is 2.03. The molecule has 5 heteroatoms. The molecule has 0 saturated heterocycles. The van der Waals surface area contributed by atoms with Crippen LogP contribution in [0.15, 0.2) is 35.2 Å². The molecule has 0 atom stereocenters. The second kappa shape index (κ2) is 4.49. The standard InChI is InChI=1S/C11H11BrN4/c1-7-2-3-8(12)10(4-7)16-11-9(13)5-14-6-15-11/h2-6H,13H2,1H3,(H,14,15,16). The van der Waals surface area contributed by atoms with Gasteiger partial charge in [0.15, 0.2) is 5.82 Å². The fourth-order valence-corrected chi connectivity index (χ4v) is 1.65. The average molecular weight is 279 g/mol. The molecule has 0 spiro atoms. The minimum atomic E-state index is 0.524. The van der Waals surface area contributed by atoms with Gasteiger partial charge in [0.05, 0.1) is 17.6 Å². The fourth-order valence-electron chi connectivity index (χ4n) is 1.31. The van der Waals surface area contributed by atoms with Gasteiger partial charge in [0, 0.05) is 4.47 Å². The van der Waals surface area contributed by atoms with Crippen LogP contribution in [0.5, 0.6) is 0 Å². The summed E-state index contributed by atoms with van der Waals surface area (Å²) in [4.78, 5) is 7.91. The van der Waals surface area contributed by atoms with Gasteiger partial charge in [-0.1, -0.05) is 6.07 Å². The predicted octanol–water partition coefficient (Wildman–Crippen LogP) is 2.87. The first-order valence-electron chi connectivity index (χ1n) is 4.75. The van der Waals surface area contributed by atoms with E-state index in [4.69, 9.17) is 5.73 Å². The number of aromatic nitrogens is 2. The number of hydrogen-bond acceptors (Lipinski definition) is 4. The molecular formula is C11H11BrN4. The van der Waals surface area contributed by atoms with Crippen molar-refractivity contribution in [1.29, 1.82) is 0 Å². The van der Waals surface area contributed by atoms with Crippen molar-refractivity contribution in [2.45, 2.75) is 6.92 Å². The Hall–Kier alpha value is -1.62. The minimum Gasteiger partial charge on any atom is -0.394 e. The van der Waals surface area contributed by atoms with Crippen LogP contribution in [0.25, 0.3) is 0 Å². The van der Waals surface area contributed by atoms with Crippen LogP contribution in [0.4, 0.5) is 17.2 Å². The smallest absolute Gasteiger partial charge is 0.157 e. The van der Waals surface area contributed by atoms with Crippen LogP contribution in [0.2, 0.25) is 0 Å². The van der Waals surface area contributed by atoms with E-state index in [0.717, 1.165) is 10.2 Å². The zero-order chi connectivity index (χ0) is 11.5. The summed E-state index contributed by atoms with van der Waals surface area (Å²) in [6, 6.07) is 6.03. The third-order valence-corrected chi connectivity index (χ3v) is 2.81. The first kappa shape index (κ1) is 10.9. The van der Waals surface area contributed by atoms with E-state index >= 15 is 0 Å². The van der Waals surface area contributed by atoms with E-state index in [0.29, 0.717) is 11.5 Å². The van der Waals surface area contributed by atoms with E-state index in [1.807, 2.05) is 25.1 Å². The molecule has 0 aliphatic heterocycles. The lowest BCUT2D eigenvalue weighted by atomic mass is 10.2. The lowest BCUT2D eigenvalue weighted by Crippen LogP contribution is -2.00. The highest BCUT2D eigenvalue weighted by atomic mass is 79.9. The Morgan fingerprint density at radius 1 is 1.38 bits per heavy atom. The molecule has 1 aromatic carbocycles. The Morgan fingerprint density at radius 3 is 2.94 bits per heavy atom. The van der Waals surface area contributed by atoms with Crippen molar-refractivity contribution >= 4 is 33.1 Å². The van der Waals surface area contributed by atoms with E-state index in [1.165, 1.54) is 11.9 Å². The van der Waals surface area contributed by atoms with E-state index in [2.05, 4.69) is 31.2 Å². The summed E-state index contributed by atoms with van der Waals surface area (Å²) in [7, 11) is 0. The van der Waals surface area contributed by atoms with Gasteiger partial charge < -0.3 is 11.1 Å². The Balaban J connectivity index is 2.34. The van der Waals surface area contributed by atoms with Crippen LogP contribution in [0, 0.1) is 6.92 Å². The number of nitrogens with two attached hydrogens (primary N) is 1. The minimum absolute atomic E-state index is 0.524. The molecule has 3 N–H and O–H groups in total. The first-order chi connectivity index (χ1) is 7.66. The Morgan fingerprint density at radius 2 is 2.19 bits per heavy atom. The summed E-state index contributed by atoms with van der Waals surface area (Å²) >= 11 is 3.47. The molecule has 0 radical (unpaired) electrons. The third kappa shape index (κ3) is 2.30. The SMILES string of the molecule is Cc1ccc(Br)c(Nc2ncncc2N)c1. The first-order valence-corrected chi connectivity index (χ1v) is 5.55. The maximum Gasteiger partial charge on any atom is 0.157 e. The van der Waals surface area contributed by atoms with E-state index in [-0.39, 0.29) is 0 Å². The maximum absolute atomic E-state index is 5.75. The molecule has 82 valence electrons. The maximum atomic E-state index is 5.75. The molecule has 0 aliphatic rings. The highest BCUT2D eigenvalue weighted by Gasteiger charge is 2.04. The van der Waals surface area contributed by atoms with Crippen LogP contribution in [-0.2, 0) is 0 Å². The molecule has 1 aromatic heterocycles. The van der Waals surface area contributed by atoms with Crippen molar-refractivity contribution < 1.29 is 0 Å². The summed E-state index contributed by atoms with van der Waals surface area (Å²) in [5, 5.41) is 3.16. The molecule has 16 heavy (non-hydrogen) atoms. The van der Waals surface area contributed by atoms with Crippen LogP contribution in [-0.4, -0.2) is 9.97 Å². The molecule has 0 saturated carbocycles. The fraction of sp³-hybridized carbons (Fsp3) is 0.0909. The van der Waals surface area contributed by atoms with Crippen molar-refractivity contribution in [3.05, 3.63) is 40.8 Å². The Kier molecular flexibility index (Phi) is 3.05. The second-order valence-corrected chi connectivity index (χ2v) is 4.29. The number of hydrogen-bond donors (Lipinski definition) is 2. The molecule has 0 unspecified atom stereocenters. The molecule has 0 amide bonds. The summed E-state index contributed by atoms with van der Waals surface area (Å²) in [6.07, 6.45) is 3.03. The van der Waals surface area contributed by atoms with Crippen LogP contribution in [0.3, 0.4) is 0 Å². The second-order valence-electron chi connectivity index (χ2n) is 3.43. The van der Waals surface area contributed by atoms with Crippen LogP contribution < -0.4 is 11.1 Å². The molecular weight excluding hydrogens is 268 g/mol. The van der Waals surface area contributed by atoms with E-state index in [9.17, 15) is 0 Å². The van der Waals surface area contributed by atoms with Gasteiger partial charge in [-0.2, -0.15) is 0 Å². The molecule has 2 aromatic rings. The predicted molar refractivity (Wildman–Crippen MR) is 68.6 cm³/mol. The Bertz CT molecular complexity index is 513. The number of nitrogen functional groups attached to an aromatic ring is 1. The highest BCUT2D eigenvalue weighted by Crippen LogP contribution is 2.27. The topological polar surface area (TPSA) is 63.8 Å². The van der Waals surface area contributed by atoms with Crippen LogP contribution >= 0.6 is 15.9 Å². The monoisotopic (exact) mass is 278 g/mol. The molecule has 0 bridgehead atoms. The van der Waals surface area contributed by atoms with Crippen molar-refractivity contribution in [2.75, 3.05) is 11.1 Å². The molecule has 0 fully saturated rings. The van der Waals surface area contributed by atoms with Crippen molar-refractivity contribution in [1.82, 2.24) is 9.97 Å². The zero-order valence-electron chi connectivity index (χ0n) is 8.74.